The van der Waals surface area contributed by atoms with Gasteiger partial charge in [0.25, 0.3) is 0 Å². The van der Waals surface area contributed by atoms with E-state index >= 15 is 0 Å². The molecule has 0 amide bonds. The summed E-state index contributed by atoms with van der Waals surface area (Å²) in [7, 11) is -4.14. The molecule has 0 saturated heterocycles. The van der Waals surface area contributed by atoms with E-state index < -0.39 is 65.4 Å². The molecule has 5 aromatic heterocycles. The molecule has 0 unspecified atom stereocenters. The second-order valence-electron chi connectivity index (χ2n) is 34.6. The van der Waals surface area contributed by atoms with Crippen LogP contribution in [0.25, 0.3) is 0 Å². The van der Waals surface area contributed by atoms with Crippen LogP contribution in [0.2, 0.25) is 29.1 Å². The Labute approximate surface area is 824 Å². The number of para-hydroxylation sites is 5. The highest BCUT2D eigenvalue weighted by molar-refractivity contribution is 7.09. The fraction of sp³-hybridized carbons (Fsp3) is 0.444. The first-order chi connectivity index (χ1) is 67.9. The molecule has 0 aliphatic carbocycles. The maximum atomic E-state index is 12.3. The minimum atomic E-state index is -1.15. The highest BCUT2D eigenvalue weighted by atomic mass is 32.1. The number of carbonyl (C=O) groups excluding carboxylic acids is 10. The minimum absolute atomic E-state index is 0.0416. The Bertz CT molecular complexity index is 4840. The van der Waals surface area contributed by atoms with Crippen molar-refractivity contribution >= 4 is 117 Å². The van der Waals surface area contributed by atoms with E-state index in [1.165, 1.54) is 29.8 Å². The lowest BCUT2D eigenvalue weighted by Crippen LogP contribution is -2.36. The first kappa shape index (κ1) is 108. The van der Waals surface area contributed by atoms with E-state index in [1.807, 2.05) is 91.0 Å². The van der Waals surface area contributed by atoms with Crippen LogP contribution in [0.3, 0.4) is 0 Å². The predicted octanol–water partition coefficient (Wildman–Crippen LogP) is 13.8. The Balaban J connectivity index is 0.000000167. The standard InChI is InChI=1S/2C20H25BN2O5.2C20H24BNO5S.C19H23BN2O6/c1-2-3-12-27-20(25)18-7-4-6-15-13-16(21(26)28-19(15)18)14-17(24)8-11-23-10-5-9-22-23;1-2-3-11-27-20(25)18-6-4-5-15-12-16(21(26)28-19(15)18)13-17(24)7-9-23-10-8-22-14-23;1-2-3-10-26-20(24)17-6-4-5-14-12-15(21(25)27-19(14)17)13-16(23)7-8-18-22-9-11-28-18;1-2-3-9-26-20(24)18-6-4-5-14-10-15(21(25)27-19(14)18)11-16(23)7-8-17-12-22-13-28-17;1-26-9-10-27-19(24)17-4-2-3-14-11-15(20(25)28-18(14)17)12-16(23)5-7-22-8-6-21-13-22/h4-7,9-10,16,26H,2-3,8,11-14H2,1H3;4-6,8,10,14,16,26H,2-3,7,9,11-13H2,1H3;4-6,9,11,15,25H,2-3,7-8,10,12-13H2,1H3;4-6,12-13,15,25H,2-3,7-11H2,1H3;2-4,6,8,13,15,25H,5,7,9-12H2,1H3/t2*16-;3*15-/m11111/s1. The van der Waals surface area contributed by atoms with Crippen molar-refractivity contribution in [2.75, 3.05) is 46.8 Å². The van der Waals surface area contributed by atoms with Crippen molar-refractivity contribution in [1.29, 1.82) is 0 Å². The molecule has 10 aromatic rings. The number of carbonyl (C=O) groups is 10. The number of benzene rings is 5. The van der Waals surface area contributed by atoms with E-state index in [0.717, 1.165) is 89.1 Å². The Morgan fingerprint density at radius 3 is 0.993 bits per heavy atom. The third-order valence-corrected chi connectivity index (χ3v) is 25.6. The summed E-state index contributed by atoms with van der Waals surface area (Å²) < 4.78 is 64.7. The van der Waals surface area contributed by atoms with E-state index in [4.69, 9.17) is 51.7 Å². The zero-order valence-electron chi connectivity index (χ0n) is 79.7. The van der Waals surface area contributed by atoms with E-state index in [9.17, 15) is 73.1 Å². The third-order valence-electron chi connectivity index (χ3n) is 23.9. The molecule has 0 bridgehead atoms. The lowest BCUT2D eigenvalue weighted by Gasteiger charge is -2.28. The fourth-order valence-corrected chi connectivity index (χ4v) is 17.4. The highest BCUT2D eigenvalue weighted by Crippen LogP contribution is 2.43. The molecule has 10 heterocycles. The summed E-state index contributed by atoms with van der Waals surface area (Å²) in [4.78, 5) is 140. The second kappa shape index (κ2) is 56.9. The number of hydrogen-bond donors (Lipinski definition) is 5. The molecule has 5 aliphatic rings. The van der Waals surface area contributed by atoms with Crippen LogP contribution in [0.4, 0.5) is 0 Å². The van der Waals surface area contributed by atoms with E-state index in [0.29, 0.717) is 181 Å². The number of imidazole rings is 2. The number of aromatic nitrogens is 8. The number of Topliss-reactive ketones (excluding diaryl/α,β-unsaturated/α-hetero) is 5. The largest absolute Gasteiger partial charge is 0.535 e. The molecule has 34 nitrogen and oxygen atoms in total. The number of esters is 5. The van der Waals surface area contributed by atoms with Gasteiger partial charge in [-0.2, -0.15) is 5.10 Å². The third kappa shape index (κ3) is 33.2. The second-order valence-corrected chi connectivity index (χ2v) is 36.6. The lowest BCUT2D eigenvalue weighted by atomic mass is 9.64. The molecule has 0 fully saturated rings. The summed E-state index contributed by atoms with van der Waals surface area (Å²) in [5, 5.41) is 58.9. The van der Waals surface area contributed by atoms with Gasteiger partial charge in [-0.05, 0) is 128 Å². The van der Waals surface area contributed by atoms with Crippen LogP contribution in [-0.2, 0) is 117 Å². The van der Waals surface area contributed by atoms with Crippen molar-refractivity contribution in [1.82, 2.24) is 38.9 Å². The van der Waals surface area contributed by atoms with Gasteiger partial charge in [-0.15, -0.1) is 22.7 Å². The van der Waals surface area contributed by atoms with Crippen LogP contribution in [0.5, 0.6) is 28.7 Å². The highest BCUT2D eigenvalue weighted by Gasteiger charge is 2.44. The summed E-state index contributed by atoms with van der Waals surface area (Å²) in [6, 6.07) is 28.0. The van der Waals surface area contributed by atoms with Crippen molar-refractivity contribution in [3.8, 4) is 28.7 Å². The molecule has 5 aliphatic heterocycles. The maximum absolute atomic E-state index is 12.3. The van der Waals surface area contributed by atoms with Gasteiger partial charge in [0.15, 0.2) is 0 Å². The van der Waals surface area contributed by atoms with E-state index in [-0.39, 0.29) is 102 Å². The molecule has 5 atom stereocenters. The van der Waals surface area contributed by atoms with Gasteiger partial charge in [-0.3, -0.25) is 33.6 Å². The van der Waals surface area contributed by atoms with Crippen LogP contribution < -0.4 is 23.3 Å². The van der Waals surface area contributed by atoms with Crippen molar-refractivity contribution in [2.45, 2.75) is 237 Å². The van der Waals surface area contributed by atoms with Gasteiger partial charge in [0, 0.05) is 186 Å². The minimum Gasteiger partial charge on any atom is -0.535 e. The molecular weight excluding hydrogens is 1840 g/mol. The van der Waals surface area contributed by atoms with Gasteiger partial charge in [0.2, 0.25) is 0 Å². The molecule has 140 heavy (non-hydrogen) atoms. The normalized spacial score (nSPS) is 15.6. The van der Waals surface area contributed by atoms with Gasteiger partial charge < -0.3 is 85.9 Å². The Morgan fingerprint density at radius 1 is 0.379 bits per heavy atom. The average Bonchev–Trinajstić information content (AvgIpc) is 1.77. The number of thiazole rings is 2. The van der Waals surface area contributed by atoms with Crippen molar-refractivity contribution in [3.05, 3.63) is 236 Å². The Morgan fingerprint density at radius 2 is 0.707 bits per heavy atom. The zero-order chi connectivity index (χ0) is 99.7. The molecule has 5 aromatic carbocycles. The number of nitrogens with zero attached hydrogens (tertiary/aromatic N) is 8. The van der Waals surface area contributed by atoms with Crippen molar-refractivity contribution < 1.29 is 125 Å². The Kier molecular flexibility index (Phi) is 44.0. The topological polar surface area (TPSA) is 453 Å². The number of methoxy groups -OCH3 is 1. The van der Waals surface area contributed by atoms with Crippen LogP contribution in [0, 0.1) is 0 Å². The number of ketones is 5. The molecule has 41 heteroatoms. The van der Waals surface area contributed by atoms with Crippen LogP contribution >= 0.6 is 22.7 Å². The molecular formula is C99H121B5N8O26S2. The van der Waals surface area contributed by atoms with Gasteiger partial charge in [-0.25, -0.2) is 38.9 Å². The van der Waals surface area contributed by atoms with Crippen molar-refractivity contribution in [3.63, 3.8) is 0 Å². The van der Waals surface area contributed by atoms with Gasteiger partial charge in [-0.1, -0.05) is 114 Å². The van der Waals surface area contributed by atoms with Gasteiger partial charge in [0.1, 0.15) is 92.1 Å². The predicted molar refractivity (Wildman–Crippen MR) is 525 cm³/mol. The molecule has 0 spiro atoms. The number of unbranched alkanes of at least 4 members (excludes halogenated alkanes) is 4. The first-order valence-corrected chi connectivity index (χ1v) is 49.6. The first-order valence-electron chi connectivity index (χ1n) is 47.8. The molecule has 0 radical (unpaired) electrons. The summed E-state index contributed by atoms with van der Waals surface area (Å²) in [5.74, 6) is -1.97. The molecule has 15 rings (SSSR count). The van der Waals surface area contributed by atoms with Crippen molar-refractivity contribution in [2.24, 2.45) is 0 Å². The van der Waals surface area contributed by atoms with E-state index in [1.54, 1.807) is 121 Å². The lowest BCUT2D eigenvalue weighted by molar-refractivity contribution is -0.120. The summed E-state index contributed by atoms with van der Waals surface area (Å²) in [5.41, 5.74) is 7.31. The van der Waals surface area contributed by atoms with Crippen LogP contribution in [0.1, 0.15) is 233 Å². The SMILES string of the molecule is CCCCOC(=O)c1cccc2c1OB(O)[C@@H](CC(=O)CCc1cncs1)C2.CCCCOC(=O)c1cccc2c1OB(O)[C@@H](CC(=O)CCc1nccs1)C2.CCCCOC(=O)c1cccc2c1OB(O)[C@@H](CC(=O)CCn1cccn1)C2.CCCCOC(=O)c1cccc2c1OB(O)[C@@H](CC(=O)CCn1ccnc1)C2.COCCOC(=O)c1cccc2c1OB(O)[C@@H](CC(=O)CCn1ccnc1)C2. The fourth-order valence-electron chi connectivity index (χ4n) is 16.2. The van der Waals surface area contributed by atoms with Crippen LogP contribution in [-0.4, -0.2) is 205 Å². The van der Waals surface area contributed by atoms with Crippen LogP contribution in [0.15, 0.2) is 170 Å². The number of ether oxygens (including phenoxy) is 6. The maximum Gasteiger partial charge on any atom is 0.526 e. The number of aryl methyl sites for hydroxylation is 5. The molecule has 740 valence electrons. The van der Waals surface area contributed by atoms with E-state index in [2.05, 4.69) is 25.0 Å². The zero-order valence-corrected chi connectivity index (χ0v) is 81.3. The van der Waals surface area contributed by atoms with Gasteiger partial charge >= 0.3 is 65.4 Å². The molecule has 0 saturated carbocycles. The number of hydrogen-bond acceptors (Lipinski definition) is 33. The number of fused-ring (bicyclic) bond motifs is 5. The van der Waals surface area contributed by atoms with Gasteiger partial charge in [0.05, 0.1) is 56.2 Å². The summed E-state index contributed by atoms with van der Waals surface area (Å²) >= 11 is 3.06. The Hall–Kier alpha value is -12.2. The quantitative estimate of drug-likeness (QED) is 0.0102. The monoisotopic (exact) mass is 1960 g/mol. The summed E-state index contributed by atoms with van der Waals surface area (Å²) in [6.45, 7) is 11.6. The summed E-state index contributed by atoms with van der Waals surface area (Å²) in [6.07, 6.45) is 30.9. The smallest absolute Gasteiger partial charge is 0.526 e. The average molecular weight is 1960 g/mol. The number of rotatable bonds is 45. The molecule has 5 N–H and O–H groups in total.